The first-order valence-corrected chi connectivity index (χ1v) is 23.2. The molecule has 4 aliphatic carbocycles. The number of ether oxygens (including phenoxy) is 1. The molecule has 55 heavy (non-hydrogen) atoms. The second-order valence-corrected chi connectivity index (χ2v) is 19.7. The molecule has 14 unspecified atom stereocenters. The number of hydrogen-bond donors (Lipinski definition) is 6. The van der Waals surface area contributed by atoms with E-state index in [0.717, 1.165) is 32.1 Å². The summed E-state index contributed by atoms with van der Waals surface area (Å²) < 4.78 is 5.64. The zero-order valence-corrected chi connectivity index (χ0v) is 35.7. The highest BCUT2D eigenvalue weighted by Crippen LogP contribution is 2.69. The molecular formula is C47H84O8. The molecule has 4 saturated carbocycles. The van der Waals surface area contributed by atoms with Crippen molar-refractivity contribution in [1.82, 2.24) is 0 Å². The highest BCUT2D eigenvalue weighted by atomic mass is 16.5. The molecule has 0 bridgehead atoms. The van der Waals surface area contributed by atoms with Crippen LogP contribution < -0.4 is 0 Å². The molecule has 0 heterocycles. The third-order valence-corrected chi connectivity index (χ3v) is 15.6. The average Bonchev–Trinajstić information content (AvgIpc) is 3.36. The fourth-order valence-corrected chi connectivity index (χ4v) is 12.5. The summed E-state index contributed by atoms with van der Waals surface area (Å²) in [5.74, 6) is -1.54. The lowest BCUT2D eigenvalue weighted by atomic mass is 9.41. The Morgan fingerprint density at radius 3 is 1.95 bits per heavy atom. The van der Waals surface area contributed by atoms with Crippen LogP contribution in [-0.4, -0.2) is 79.3 Å². The maximum Gasteiger partial charge on any atom is 0.305 e. The van der Waals surface area contributed by atoms with Crippen molar-refractivity contribution in [3.05, 3.63) is 12.2 Å². The SMILES string of the molecule is CCCCCC=CCCCCCCCCCCCCC(=O)OCC(C)CCCC(C)C1C(O)C(O)C2C1(C)CCC1C3(C)CCC(O)CC3C(O)C(O)C12O. The number of hydrogen-bond acceptors (Lipinski definition) is 8. The fraction of sp³-hybridized carbons (Fsp3) is 0.936. The van der Waals surface area contributed by atoms with Gasteiger partial charge in [-0.2, -0.15) is 0 Å². The first kappa shape index (κ1) is 46.7. The van der Waals surface area contributed by atoms with Crippen molar-refractivity contribution in [2.75, 3.05) is 6.61 Å². The molecule has 4 fully saturated rings. The number of carbonyl (C=O) groups is 1. The van der Waals surface area contributed by atoms with Crippen molar-refractivity contribution in [3.63, 3.8) is 0 Å². The molecule has 0 radical (unpaired) electrons. The van der Waals surface area contributed by atoms with Crippen LogP contribution in [0.15, 0.2) is 12.2 Å². The Kier molecular flexibility index (Phi) is 18.5. The van der Waals surface area contributed by atoms with Crippen LogP contribution in [0.1, 0.15) is 189 Å². The van der Waals surface area contributed by atoms with Crippen molar-refractivity contribution in [2.24, 2.45) is 46.3 Å². The van der Waals surface area contributed by atoms with Crippen molar-refractivity contribution >= 4 is 5.97 Å². The van der Waals surface area contributed by atoms with Crippen LogP contribution in [0.3, 0.4) is 0 Å². The normalized spacial score (nSPS) is 38.3. The van der Waals surface area contributed by atoms with E-state index in [1.54, 1.807) is 0 Å². The molecule has 14 atom stereocenters. The van der Waals surface area contributed by atoms with Crippen molar-refractivity contribution < 1.29 is 40.2 Å². The minimum Gasteiger partial charge on any atom is -0.465 e. The van der Waals surface area contributed by atoms with Crippen LogP contribution in [0.25, 0.3) is 0 Å². The van der Waals surface area contributed by atoms with Crippen molar-refractivity contribution in [3.8, 4) is 0 Å². The van der Waals surface area contributed by atoms with Crippen molar-refractivity contribution in [1.29, 1.82) is 0 Å². The zero-order valence-electron chi connectivity index (χ0n) is 35.7. The lowest BCUT2D eigenvalue weighted by Gasteiger charge is -2.67. The van der Waals surface area contributed by atoms with Crippen LogP contribution in [-0.2, 0) is 9.53 Å². The van der Waals surface area contributed by atoms with Crippen LogP contribution in [0.5, 0.6) is 0 Å². The van der Waals surface area contributed by atoms with Crippen LogP contribution >= 0.6 is 0 Å². The number of carbonyl (C=O) groups excluding carboxylic acids is 1. The molecule has 0 aliphatic heterocycles. The smallest absolute Gasteiger partial charge is 0.305 e. The van der Waals surface area contributed by atoms with Gasteiger partial charge in [0.15, 0.2) is 0 Å². The third kappa shape index (κ3) is 11.2. The topological polar surface area (TPSA) is 148 Å². The monoisotopic (exact) mass is 777 g/mol. The van der Waals surface area contributed by atoms with Crippen molar-refractivity contribution in [2.45, 2.75) is 225 Å². The van der Waals surface area contributed by atoms with Gasteiger partial charge in [0.05, 0.1) is 31.0 Å². The zero-order chi connectivity index (χ0) is 40.2. The Labute approximate surface area is 335 Å². The molecule has 4 aliphatic rings. The lowest BCUT2D eigenvalue weighted by Crippen LogP contribution is -2.75. The molecule has 8 heteroatoms. The summed E-state index contributed by atoms with van der Waals surface area (Å²) in [4.78, 5) is 12.4. The second kappa shape index (κ2) is 21.8. The van der Waals surface area contributed by atoms with E-state index in [1.165, 1.54) is 83.5 Å². The van der Waals surface area contributed by atoms with Gasteiger partial charge in [0.2, 0.25) is 0 Å². The molecule has 0 amide bonds. The number of unbranched alkanes of at least 4 members (excludes halogenated alkanes) is 13. The highest BCUT2D eigenvalue weighted by molar-refractivity contribution is 5.69. The molecule has 0 aromatic carbocycles. The molecule has 320 valence electrons. The minimum absolute atomic E-state index is 0.0609. The van der Waals surface area contributed by atoms with Gasteiger partial charge >= 0.3 is 5.97 Å². The van der Waals surface area contributed by atoms with Gasteiger partial charge in [0.1, 0.15) is 11.7 Å². The van der Waals surface area contributed by atoms with Gasteiger partial charge < -0.3 is 35.4 Å². The van der Waals surface area contributed by atoms with Crippen LogP contribution in [0.4, 0.5) is 0 Å². The van der Waals surface area contributed by atoms with E-state index in [0.29, 0.717) is 45.1 Å². The Hall–Kier alpha value is -1.03. The van der Waals surface area contributed by atoms with Gasteiger partial charge in [0.25, 0.3) is 0 Å². The van der Waals surface area contributed by atoms with E-state index >= 15 is 0 Å². The predicted octanol–water partition coefficient (Wildman–Crippen LogP) is 8.81. The van der Waals surface area contributed by atoms with Gasteiger partial charge in [-0.25, -0.2) is 0 Å². The number of aliphatic hydroxyl groups is 6. The van der Waals surface area contributed by atoms with Gasteiger partial charge in [0, 0.05) is 12.3 Å². The molecular weight excluding hydrogens is 693 g/mol. The fourth-order valence-electron chi connectivity index (χ4n) is 12.5. The van der Waals surface area contributed by atoms with Gasteiger partial charge in [-0.05, 0) is 111 Å². The Morgan fingerprint density at radius 2 is 1.31 bits per heavy atom. The number of rotatable bonds is 24. The van der Waals surface area contributed by atoms with Crippen LogP contribution in [0.2, 0.25) is 0 Å². The van der Waals surface area contributed by atoms with E-state index in [4.69, 9.17) is 4.74 Å². The van der Waals surface area contributed by atoms with Gasteiger partial charge in [-0.1, -0.05) is 124 Å². The standard InChI is InChI=1S/C47H84O8/c1-6-7-8-9-10-11-12-13-14-15-16-17-18-19-20-21-22-26-38(49)55-32-33(2)24-23-25-34(3)39-41(51)42(52)43-46(39,5)30-28-37-45(4)29-27-35(48)31-36(45)40(50)44(53)47(37,43)54/h10-11,33-37,39-44,48,50-54H,6-9,12-32H2,1-5H3. The molecule has 8 nitrogen and oxygen atoms in total. The molecule has 0 aromatic rings. The third-order valence-electron chi connectivity index (χ3n) is 15.6. The Balaban J connectivity index is 1.09. The molecule has 6 N–H and O–H groups in total. The number of allylic oxidation sites excluding steroid dienone is 2. The van der Waals surface area contributed by atoms with E-state index in [2.05, 4.69) is 46.8 Å². The predicted molar refractivity (Wildman–Crippen MR) is 220 cm³/mol. The summed E-state index contributed by atoms with van der Waals surface area (Å²) >= 11 is 0. The quantitative estimate of drug-likeness (QED) is 0.0324. The second-order valence-electron chi connectivity index (χ2n) is 19.7. The number of fused-ring (bicyclic) bond motifs is 5. The molecule has 0 spiro atoms. The summed E-state index contributed by atoms with van der Waals surface area (Å²) in [5, 5.41) is 69.2. The minimum atomic E-state index is -1.74. The lowest BCUT2D eigenvalue weighted by molar-refractivity contribution is -0.309. The number of esters is 1. The average molecular weight is 777 g/mol. The summed E-state index contributed by atoms with van der Waals surface area (Å²) in [5.41, 5.74) is -2.84. The highest BCUT2D eigenvalue weighted by Gasteiger charge is 2.75. The first-order chi connectivity index (χ1) is 26.2. The Morgan fingerprint density at radius 1 is 0.727 bits per heavy atom. The summed E-state index contributed by atoms with van der Waals surface area (Å²) in [6.45, 7) is 11.0. The maximum absolute atomic E-state index is 12.6. The summed E-state index contributed by atoms with van der Waals surface area (Å²) in [6.07, 6.45) is 24.2. The van der Waals surface area contributed by atoms with Gasteiger partial charge in [-0.3, -0.25) is 4.79 Å². The van der Waals surface area contributed by atoms with Crippen LogP contribution in [0, 0.1) is 46.3 Å². The van der Waals surface area contributed by atoms with E-state index in [9.17, 15) is 35.4 Å². The maximum atomic E-state index is 12.6. The van der Waals surface area contributed by atoms with E-state index in [-0.39, 0.29) is 35.6 Å². The summed E-state index contributed by atoms with van der Waals surface area (Å²) in [6, 6.07) is 0. The van der Waals surface area contributed by atoms with Gasteiger partial charge in [-0.15, -0.1) is 0 Å². The molecule has 0 saturated heterocycles. The molecule has 0 aromatic heterocycles. The van der Waals surface area contributed by atoms with E-state index < -0.39 is 52.9 Å². The van der Waals surface area contributed by atoms with E-state index in [1.807, 2.05) is 0 Å². The first-order valence-electron chi connectivity index (χ1n) is 23.2. The largest absolute Gasteiger partial charge is 0.465 e. The Bertz CT molecular complexity index is 1160. The number of aliphatic hydroxyl groups excluding tert-OH is 5. The molecule has 4 rings (SSSR count). The summed E-state index contributed by atoms with van der Waals surface area (Å²) in [7, 11) is 0.